The lowest BCUT2D eigenvalue weighted by atomic mass is 10.1. The maximum absolute atomic E-state index is 5.69. The SMILES string of the molecule is COC(C)(C)c1noc(C2CCC(CN)O2)n1. The second-order valence-electron chi connectivity index (χ2n) is 4.73. The predicted octanol–water partition coefficient (Wildman–Crippen LogP) is 1.13. The third kappa shape index (κ3) is 2.48. The van der Waals surface area contributed by atoms with E-state index in [2.05, 4.69) is 10.1 Å². The summed E-state index contributed by atoms with van der Waals surface area (Å²) >= 11 is 0. The van der Waals surface area contributed by atoms with Crippen molar-refractivity contribution in [2.75, 3.05) is 13.7 Å². The molecule has 1 aliphatic rings. The molecule has 2 rings (SSSR count). The van der Waals surface area contributed by atoms with Gasteiger partial charge in [0.2, 0.25) is 5.82 Å². The van der Waals surface area contributed by atoms with Crippen LogP contribution in [-0.4, -0.2) is 29.9 Å². The quantitative estimate of drug-likeness (QED) is 0.850. The average Bonchev–Trinajstić information content (AvgIpc) is 2.97. The maximum Gasteiger partial charge on any atom is 0.255 e. The number of nitrogens with zero attached hydrogens (tertiary/aromatic N) is 2. The van der Waals surface area contributed by atoms with Crippen molar-refractivity contribution in [2.45, 2.75) is 44.5 Å². The van der Waals surface area contributed by atoms with Gasteiger partial charge in [0.05, 0.1) is 6.10 Å². The molecule has 0 saturated carbocycles. The molecule has 1 aliphatic heterocycles. The molecule has 1 aromatic heterocycles. The molecule has 0 spiro atoms. The standard InChI is InChI=1S/C11H19N3O3/c1-11(2,15-3)10-13-9(17-14-10)8-5-4-7(6-12)16-8/h7-8H,4-6,12H2,1-3H3. The molecule has 0 radical (unpaired) electrons. The third-order valence-electron chi connectivity index (χ3n) is 3.14. The summed E-state index contributed by atoms with van der Waals surface area (Å²) in [4.78, 5) is 4.33. The van der Waals surface area contributed by atoms with Crippen LogP contribution in [0.5, 0.6) is 0 Å². The minimum atomic E-state index is -0.548. The molecule has 2 N–H and O–H groups in total. The zero-order valence-corrected chi connectivity index (χ0v) is 10.5. The molecule has 2 atom stereocenters. The number of methoxy groups -OCH3 is 1. The number of ether oxygens (including phenoxy) is 2. The molecule has 0 bridgehead atoms. The third-order valence-corrected chi connectivity index (χ3v) is 3.14. The highest BCUT2D eigenvalue weighted by Gasteiger charge is 2.32. The van der Waals surface area contributed by atoms with Gasteiger partial charge < -0.3 is 19.7 Å². The van der Waals surface area contributed by atoms with Crippen molar-refractivity contribution in [3.05, 3.63) is 11.7 Å². The molecular formula is C11H19N3O3. The summed E-state index contributed by atoms with van der Waals surface area (Å²) in [6.45, 7) is 4.31. The lowest BCUT2D eigenvalue weighted by molar-refractivity contribution is 0.00970. The first-order chi connectivity index (χ1) is 8.06. The van der Waals surface area contributed by atoms with E-state index in [1.165, 1.54) is 0 Å². The van der Waals surface area contributed by atoms with Crippen molar-refractivity contribution >= 4 is 0 Å². The summed E-state index contributed by atoms with van der Waals surface area (Å²) in [5, 5.41) is 3.93. The zero-order chi connectivity index (χ0) is 12.5. The average molecular weight is 241 g/mol. The molecule has 0 aromatic carbocycles. The van der Waals surface area contributed by atoms with E-state index in [1.807, 2.05) is 13.8 Å². The summed E-state index contributed by atoms with van der Waals surface area (Å²) in [6.07, 6.45) is 1.78. The van der Waals surface area contributed by atoms with Gasteiger partial charge in [0.1, 0.15) is 11.7 Å². The molecule has 0 aliphatic carbocycles. The molecule has 1 fully saturated rings. The summed E-state index contributed by atoms with van der Waals surface area (Å²) in [5.41, 5.74) is 5.01. The summed E-state index contributed by atoms with van der Waals surface area (Å²) < 4.78 is 16.2. The van der Waals surface area contributed by atoms with E-state index in [4.69, 9.17) is 19.7 Å². The largest absolute Gasteiger partial charge is 0.371 e. The first-order valence-electron chi connectivity index (χ1n) is 5.81. The Hall–Kier alpha value is -0.980. The monoisotopic (exact) mass is 241 g/mol. The van der Waals surface area contributed by atoms with E-state index in [0.29, 0.717) is 18.3 Å². The van der Waals surface area contributed by atoms with Gasteiger partial charge in [-0.1, -0.05) is 5.16 Å². The van der Waals surface area contributed by atoms with Crippen molar-refractivity contribution in [1.29, 1.82) is 0 Å². The van der Waals surface area contributed by atoms with Gasteiger partial charge in [-0.05, 0) is 26.7 Å². The Kier molecular flexibility index (Phi) is 3.46. The highest BCUT2D eigenvalue weighted by atomic mass is 16.5. The van der Waals surface area contributed by atoms with E-state index < -0.39 is 5.60 Å². The van der Waals surface area contributed by atoms with E-state index >= 15 is 0 Å². The molecule has 0 amide bonds. The molecule has 17 heavy (non-hydrogen) atoms. The van der Waals surface area contributed by atoms with Gasteiger partial charge in [-0.3, -0.25) is 0 Å². The topological polar surface area (TPSA) is 83.4 Å². The van der Waals surface area contributed by atoms with Crippen LogP contribution in [0.25, 0.3) is 0 Å². The maximum atomic E-state index is 5.69. The van der Waals surface area contributed by atoms with Crippen LogP contribution in [0.4, 0.5) is 0 Å². The number of hydrogen-bond acceptors (Lipinski definition) is 6. The Morgan fingerprint density at radius 3 is 2.82 bits per heavy atom. The van der Waals surface area contributed by atoms with Crippen LogP contribution >= 0.6 is 0 Å². The van der Waals surface area contributed by atoms with Crippen LogP contribution in [0.2, 0.25) is 0 Å². The van der Waals surface area contributed by atoms with Crippen molar-refractivity contribution in [1.82, 2.24) is 10.1 Å². The van der Waals surface area contributed by atoms with Gasteiger partial charge >= 0.3 is 0 Å². The zero-order valence-electron chi connectivity index (χ0n) is 10.5. The van der Waals surface area contributed by atoms with E-state index in [0.717, 1.165) is 12.8 Å². The number of rotatable bonds is 4. The Bertz CT molecular complexity index is 378. The Balaban J connectivity index is 2.09. The Morgan fingerprint density at radius 1 is 1.47 bits per heavy atom. The minimum absolute atomic E-state index is 0.103. The van der Waals surface area contributed by atoms with Gasteiger partial charge in [0.25, 0.3) is 5.89 Å². The van der Waals surface area contributed by atoms with Crippen molar-refractivity contribution in [3.63, 3.8) is 0 Å². The van der Waals surface area contributed by atoms with E-state index in [9.17, 15) is 0 Å². The normalized spacial score (nSPS) is 25.4. The van der Waals surface area contributed by atoms with Gasteiger partial charge in [-0.2, -0.15) is 4.98 Å². The molecule has 6 heteroatoms. The molecule has 1 aromatic rings. The van der Waals surface area contributed by atoms with Crippen LogP contribution in [0.15, 0.2) is 4.52 Å². The van der Waals surface area contributed by atoms with E-state index in [1.54, 1.807) is 7.11 Å². The molecule has 2 heterocycles. The number of aromatic nitrogens is 2. The molecular weight excluding hydrogens is 222 g/mol. The Labute approximate surface area is 100 Å². The first kappa shape index (κ1) is 12.5. The fraction of sp³-hybridized carbons (Fsp3) is 0.818. The van der Waals surface area contributed by atoms with Crippen LogP contribution in [0.3, 0.4) is 0 Å². The summed E-state index contributed by atoms with van der Waals surface area (Å²) in [6, 6.07) is 0. The van der Waals surface area contributed by atoms with Gasteiger partial charge in [-0.25, -0.2) is 0 Å². The minimum Gasteiger partial charge on any atom is -0.371 e. The second-order valence-corrected chi connectivity index (χ2v) is 4.73. The fourth-order valence-electron chi connectivity index (χ4n) is 1.76. The van der Waals surface area contributed by atoms with Gasteiger partial charge in [0, 0.05) is 13.7 Å². The fourth-order valence-corrected chi connectivity index (χ4v) is 1.76. The summed E-state index contributed by atoms with van der Waals surface area (Å²) in [7, 11) is 1.62. The number of hydrogen-bond donors (Lipinski definition) is 1. The lowest BCUT2D eigenvalue weighted by Gasteiger charge is -2.17. The van der Waals surface area contributed by atoms with Crippen LogP contribution < -0.4 is 5.73 Å². The van der Waals surface area contributed by atoms with Gasteiger partial charge in [-0.15, -0.1) is 0 Å². The smallest absolute Gasteiger partial charge is 0.255 e. The van der Waals surface area contributed by atoms with Crippen molar-refractivity contribution in [2.24, 2.45) is 5.73 Å². The Morgan fingerprint density at radius 2 is 2.24 bits per heavy atom. The number of nitrogens with two attached hydrogens (primary N) is 1. The van der Waals surface area contributed by atoms with Gasteiger partial charge in [0.15, 0.2) is 0 Å². The first-order valence-corrected chi connectivity index (χ1v) is 5.81. The molecule has 6 nitrogen and oxygen atoms in total. The van der Waals surface area contributed by atoms with Crippen LogP contribution in [0.1, 0.15) is 44.5 Å². The second kappa shape index (κ2) is 4.72. The van der Waals surface area contributed by atoms with Crippen LogP contribution in [0, 0.1) is 0 Å². The van der Waals surface area contributed by atoms with Crippen molar-refractivity contribution < 1.29 is 14.0 Å². The molecule has 2 unspecified atom stereocenters. The lowest BCUT2D eigenvalue weighted by Crippen LogP contribution is -2.21. The van der Waals surface area contributed by atoms with E-state index in [-0.39, 0.29) is 12.2 Å². The molecule has 1 saturated heterocycles. The highest BCUT2D eigenvalue weighted by Crippen LogP contribution is 2.32. The predicted molar refractivity (Wildman–Crippen MR) is 60.2 cm³/mol. The van der Waals surface area contributed by atoms with Crippen molar-refractivity contribution in [3.8, 4) is 0 Å². The molecule has 96 valence electrons. The summed E-state index contributed by atoms with van der Waals surface area (Å²) in [5.74, 6) is 1.05. The van der Waals surface area contributed by atoms with Crippen LogP contribution in [-0.2, 0) is 15.1 Å². The highest BCUT2D eigenvalue weighted by molar-refractivity contribution is 5.00.